The third-order valence-electron chi connectivity index (χ3n) is 4.91. The van der Waals surface area contributed by atoms with Crippen molar-refractivity contribution in [3.8, 4) is 17.2 Å². The molecule has 0 fully saturated rings. The van der Waals surface area contributed by atoms with Gasteiger partial charge in [0, 0.05) is 17.1 Å². The highest BCUT2D eigenvalue weighted by Crippen LogP contribution is 2.26. The summed E-state index contributed by atoms with van der Waals surface area (Å²) in [6.45, 7) is 8.15. The van der Waals surface area contributed by atoms with E-state index in [2.05, 4.69) is 45.8 Å². The smallest absolute Gasteiger partial charge is 0.257 e. The number of nitrogens with one attached hydrogen (secondary N) is 1. The maximum Gasteiger partial charge on any atom is 0.257 e. The predicted octanol–water partition coefficient (Wildman–Crippen LogP) is 5.44. The first-order chi connectivity index (χ1) is 15.1. The Labute approximate surface area is 193 Å². The number of rotatable bonds is 4. The Morgan fingerprint density at radius 3 is 2.53 bits per heavy atom. The lowest BCUT2D eigenvalue weighted by molar-refractivity contribution is 0.102. The summed E-state index contributed by atoms with van der Waals surface area (Å²) < 4.78 is 19.3. The molecule has 0 saturated carbocycles. The molecule has 7 nitrogen and oxygen atoms in total. The third-order valence-corrected chi connectivity index (χ3v) is 5.83. The molecular weight excluding hydrogens is 451 g/mol. The largest absolute Gasteiger partial charge is 0.297 e. The molecule has 0 aliphatic carbocycles. The molecule has 1 amide bonds. The van der Waals surface area contributed by atoms with Crippen LogP contribution in [0.15, 0.2) is 42.5 Å². The highest BCUT2D eigenvalue weighted by molar-refractivity contribution is 7.10. The number of nitrogens with zero attached hydrogens (tertiary/aromatic N) is 5. The molecule has 0 spiro atoms. The quantitative estimate of drug-likeness (QED) is 0.429. The van der Waals surface area contributed by atoms with Crippen LogP contribution in [-0.2, 0) is 5.41 Å². The molecule has 10 heteroatoms. The fourth-order valence-corrected chi connectivity index (χ4v) is 3.80. The molecule has 164 valence electrons. The number of amides is 1. The van der Waals surface area contributed by atoms with Crippen molar-refractivity contribution >= 4 is 34.2 Å². The van der Waals surface area contributed by atoms with E-state index < -0.39 is 5.82 Å². The minimum absolute atomic E-state index is 0.00809. The highest BCUT2D eigenvalue weighted by atomic mass is 35.5. The van der Waals surface area contributed by atoms with Crippen molar-refractivity contribution in [3.63, 3.8) is 0 Å². The van der Waals surface area contributed by atoms with Gasteiger partial charge in [-0.1, -0.05) is 49.7 Å². The van der Waals surface area contributed by atoms with Crippen LogP contribution in [0.4, 0.5) is 9.52 Å². The Kier molecular flexibility index (Phi) is 5.79. The zero-order valence-electron chi connectivity index (χ0n) is 17.8. The number of aromatic nitrogens is 5. The molecule has 0 bridgehead atoms. The maximum absolute atomic E-state index is 13.5. The Balaban J connectivity index is 1.52. The standard InChI is InChI=1S/C22H20ClFN6OS/c1-12-18(27-29-30(12)15-9-10-17(24)16(23)11-15)19-25-21(32-28-19)26-20(31)13-5-7-14(8-6-13)22(2,3)4/h5-11H,1-4H3,(H,25,26,28,31). The van der Waals surface area contributed by atoms with Crippen molar-refractivity contribution in [3.05, 3.63) is 70.1 Å². The Bertz CT molecular complexity index is 1290. The summed E-state index contributed by atoms with van der Waals surface area (Å²) in [5.74, 6) is -0.442. The topological polar surface area (TPSA) is 85.6 Å². The van der Waals surface area contributed by atoms with Gasteiger partial charge in [0.15, 0.2) is 11.5 Å². The van der Waals surface area contributed by atoms with Crippen LogP contribution in [0.25, 0.3) is 17.2 Å². The van der Waals surface area contributed by atoms with Gasteiger partial charge in [-0.15, -0.1) is 5.10 Å². The number of hydrogen-bond acceptors (Lipinski definition) is 6. The number of halogens is 2. The van der Waals surface area contributed by atoms with E-state index in [1.54, 1.807) is 25.1 Å². The van der Waals surface area contributed by atoms with Crippen LogP contribution in [0.1, 0.15) is 42.4 Å². The van der Waals surface area contributed by atoms with E-state index >= 15 is 0 Å². The van der Waals surface area contributed by atoms with Gasteiger partial charge >= 0.3 is 0 Å². The predicted molar refractivity (Wildman–Crippen MR) is 123 cm³/mol. The molecule has 0 radical (unpaired) electrons. The second-order valence-corrected chi connectivity index (χ2v) is 9.40. The molecule has 0 aliphatic heterocycles. The van der Waals surface area contributed by atoms with Crippen LogP contribution in [0.2, 0.25) is 5.02 Å². The molecule has 2 heterocycles. The van der Waals surface area contributed by atoms with Crippen molar-refractivity contribution in [2.75, 3.05) is 5.32 Å². The van der Waals surface area contributed by atoms with Gasteiger partial charge in [-0.3, -0.25) is 10.1 Å². The van der Waals surface area contributed by atoms with E-state index in [0.717, 1.165) is 17.1 Å². The van der Waals surface area contributed by atoms with Crippen LogP contribution < -0.4 is 5.32 Å². The SMILES string of the molecule is Cc1c(-c2nsc(NC(=O)c3ccc(C(C)(C)C)cc3)n2)nnn1-c1ccc(F)c(Cl)c1. The van der Waals surface area contributed by atoms with Crippen molar-refractivity contribution in [2.24, 2.45) is 0 Å². The molecule has 0 aliphatic rings. The normalized spacial score (nSPS) is 11.6. The van der Waals surface area contributed by atoms with Crippen molar-refractivity contribution in [2.45, 2.75) is 33.1 Å². The van der Waals surface area contributed by atoms with Gasteiger partial charge in [-0.05, 0) is 48.2 Å². The lowest BCUT2D eigenvalue weighted by Crippen LogP contribution is -2.14. The van der Waals surface area contributed by atoms with Crippen LogP contribution in [0, 0.1) is 12.7 Å². The fraction of sp³-hybridized carbons (Fsp3) is 0.227. The van der Waals surface area contributed by atoms with Gasteiger partial charge in [0.2, 0.25) is 5.13 Å². The minimum Gasteiger partial charge on any atom is -0.297 e. The fourth-order valence-electron chi connectivity index (χ4n) is 3.06. The molecule has 2 aromatic heterocycles. The number of hydrogen-bond donors (Lipinski definition) is 1. The van der Waals surface area contributed by atoms with Gasteiger partial charge in [0.1, 0.15) is 5.82 Å². The molecule has 4 rings (SSSR count). The second kappa shape index (κ2) is 8.40. The molecule has 0 atom stereocenters. The zero-order chi connectivity index (χ0) is 23.0. The lowest BCUT2D eigenvalue weighted by atomic mass is 9.87. The molecule has 0 saturated heterocycles. The first kappa shape index (κ1) is 22.0. The number of benzene rings is 2. The molecule has 1 N–H and O–H groups in total. The summed E-state index contributed by atoms with van der Waals surface area (Å²) in [5, 5.41) is 11.4. The summed E-state index contributed by atoms with van der Waals surface area (Å²) in [4.78, 5) is 17.0. The Hall–Kier alpha value is -3.17. The van der Waals surface area contributed by atoms with E-state index in [4.69, 9.17) is 11.6 Å². The monoisotopic (exact) mass is 470 g/mol. The summed E-state index contributed by atoms with van der Waals surface area (Å²) >= 11 is 6.93. The van der Waals surface area contributed by atoms with E-state index in [9.17, 15) is 9.18 Å². The first-order valence-corrected chi connectivity index (χ1v) is 10.9. The number of carbonyl (C=O) groups is 1. The second-order valence-electron chi connectivity index (χ2n) is 8.24. The first-order valence-electron chi connectivity index (χ1n) is 9.77. The van der Waals surface area contributed by atoms with Gasteiger partial charge in [0.25, 0.3) is 5.91 Å². The third kappa shape index (κ3) is 4.39. The highest BCUT2D eigenvalue weighted by Gasteiger charge is 2.19. The van der Waals surface area contributed by atoms with Crippen molar-refractivity contribution < 1.29 is 9.18 Å². The summed E-state index contributed by atoms with van der Waals surface area (Å²) in [6, 6.07) is 11.8. The number of carbonyl (C=O) groups excluding carboxylic acids is 1. The van der Waals surface area contributed by atoms with Gasteiger partial charge in [-0.2, -0.15) is 9.36 Å². The van der Waals surface area contributed by atoms with Crippen LogP contribution in [-0.4, -0.2) is 30.3 Å². The molecule has 4 aromatic rings. The molecule has 32 heavy (non-hydrogen) atoms. The van der Waals surface area contributed by atoms with Crippen molar-refractivity contribution in [1.29, 1.82) is 0 Å². The minimum atomic E-state index is -0.511. The van der Waals surface area contributed by atoms with Gasteiger partial charge < -0.3 is 0 Å². The van der Waals surface area contributed by atoms with E-state index in [-0.39, 0.29) is 16.3 Å². The van der Waals surface area contributed by atoms with Gasteiger partial charge in [-0.25, -0.2) is 9.07 Å². The molecule has 2 aromatic carbocycles. The summed E-state index contributed by atoms with van der Waals surface area (Å²) in [6.07, 6.45) is 0. The van der Waals surface area contributed by atoms with E-state index in [1.165, 1.54) is 16.8 Å². The Morgan fingerprint density at radius 1 is 1.16 bits per heavy atom. The van der Waals surface area contributed by atoms with Gasteiger partial charge in [0.05, 0.1) is 16.4 Å². The van der Waals surface area contributed by atoms with Crippen LogP contribution >= 0.6 is 23.1 Å². The van der Waals surface area contributed by atoms with Crippen molar-refractivity contribution in [1.82, 2.24) is 24.4 Å². The number of anilines is 1. The molecular formula is C22H20ClFN6OS. The average molecular weight is 471 g/mol. The van der Waals surface area contributed by atoms with E-state index in [1.807, 2.05) is 12.1 Å². The van der Waals surface area contributed by atoms with E-state index in [0.29, 0.717) is 33.6 Å². The zero-order valence-corrected chi connectivity index (χ0v) is 19.4. The van der Waals surface area contributed by atoms with Crippen LogP contribution in [0.3, 0.4) is 0 Å². The maximum atomic E-state index is 13.5. The average Bonchev–Trinajstić information content (AvgIpc) is 3.36. The Morgan fingerprint density at radius 2 is 1.88 bits per heavy atom. The summed E-state index contributed by atoms with van der Waals surface area (Å²) in [7, 11) is 0. The molecule has 0 unspecified atom stereocenters. The van der Waals surface area contributed by atoms with Crippen LogP contribution in [0.5, 0.6) is 0 Å². The summed E-state index contributed by atoms with van der Waals surface area (Å²) in [5.41, 5.74) is 3.36. The lowest BCUT2D eigenvalue weighted by Gasteiger charge is -2.18.